The van der Waals surface area contributed by atoms with E-state index < -0.39 is 10.0 Å². The van der Waals surface area contributed by atoms with Crippen LogP contribution in [0.2, 0.25) is 0 Å². The highest BCUT2D eigenvalue weighted by atomic mass is 32.2. The monoisotopic (exact) mass is 298 g/mol. The number of pyridine rings is 1. The molecular formula is C13H22N4O2S. The highest BCUT2D eigenvalue weighted by Gasteiger charge is 2.23. The van der Waals surface area contributed by atoms with Crippen LogP contribution in [0.5, 0.6) is 0 Å². The van der Waals surface area contributed by atoms with Gasteiger partial charge in [0, 0.05) is 38.9 Å². The third-order valence-corrected chi connectivity index (χ3v) is 4.72. The number of nitrogens with zero attached hydrogens (tertiary/aromatic N) is 3. The summed E-state index contributed by atoms with van der Waals surface area (Å²) < 4.78 is 24.4. The summed E-state index contributed by atoms with van der Waals surface area (Å²) in [7, 11) is -3.07. The molecule has 20 heavy (non-hydrogen) atoms. The van der Waals surface area contributed by atoms with Gasteiger partial charge in [0.25, 0.3) is 0 Å². The molecule has 0 aromatic carbocycles. The van der Waals surface area contributed by atoms with E-state index in [0.717, 1.165) is 24.5 Å². The molecule has 0 atom stereocenters. The lowest BCUT2D eigenvalue weighted by Crippen LogP contribution is -2.48. The molecule has 1 fully saturated rings. The molecule has 0 unspecified atom stereocenters. The molecular weight excluding hydrogens is 276 g/mol. The Balaban J connectivity index is 1.93. The molecule has 1 saturated heterocycles. The maximum atomic E-state index is 11.5. The van der Waals surface area contributed by atoms with Gasteiger partial charge in [0.15, 0.2) is 0 Å². The average molecular weight is 298 g/mol. The summed E-state index contributed by atoms with van der Waals surface area (Å²) in [6.45, 7) is 6.27. The van der Waals surface area contributed by atoms with Crippen LogP contribution in [0.4, 0.5) is 5.82 Å². The van der Waals surface area contributed by atoms with Crippen LogP contribution in [-0.2, 0) is 16.6 Å². The third-order valence-electron chi connectivity index (χ3n) is 3.42. The first kappa shape index (κ1) is 15.2. The van der Waals surface area contributed by atoms with Crippen LogP contribution in [0.1, 0.15) is 12.5 Å². The first-order chi connectivity index (χ1) is 9.50. The molecule has 0 amide bonds. The molecule has 1 aliphatic heterocycles. The minimum Gasteiger partial charge on any atom is -0.354 e. The molecule has 1 aliphatic rings. The molecule has 1 aromatic rings. The van der Waals surface area contributed by atoms with Crippen molar-refractivity contribution in [1.82, 2.24) is 14.6 Å². The fourth-order valence-corrected chi connectivity index (χ4v) is 3.05. The number of piperazine rings is 1. The summed E-state index contributed by atoms with van der Waals surface area (Å²) >= 11 is 0. The lowest BCUT2D eigenvalue weighted by atomic mass is 10.2. The van der Waals surface area contributed by atoms with Gasteiger partial charge in [0.2, 0.25) is 10.0 Å². The maximum absolute atomic E-state index is 11.5. The Labute approximate surface area is 120 Å². The van der Waals surface area contributed by atoms with Crippen molar-refractivity contribution in [2.75, 3.05) is 43.9 Å². The Morgan fingerprint density at radius 2 is 1.95 bits per heavy atom. The largest absolute Gasteiger partial charge is 0.354 e. The number of nitrogens with one attached hydrogen (secondary N) is 1. The molecule has 7 heteroatoms. The standard InChI is InChI=1S/C13H22N4O2S/c1-3-14-10-12-4-5-13(15-11-12)16-6-8-17(9-7-16)20(2,18)19/h4-5,11,14H,3,6-10H2,1-2H3. The van der Waals surface area contributed by atoms with Gasteiger partial charge in [-0.2, -0.15) is 4.31 Å². The van der Waals surface area contributed by atoms with Gasteiger partial charge >= 0.3 is 0 Å². The zero-order valence-corrected chi connectivity index (χ0v) is 12.9. The summed E-state index contributed by atoms with van der Waals surface area (Å²) in [6, 6.07) is 4.07. The second-order valence-corrected chi connectivity index (χ2v) is 6.94. The van der Waals surface area contributed by atoms with E-state index in [0.29, 0.717) is 26.2 Å². The zero-order valence-electron chi connectivity index (χ0n) is 12.0. The van der Waals surface area contributed by atoms with Crippen LogP contribution < -0.4 is 10.2 Å². The van der Waals surface area contributed by atoms with E-state index in [1.807, 2.05) is 12.3 Å². The summed E-state index contributed by atoms with van der Waals surface area (Å²) in [5.41, 5.74) is 1.16. The van der Waals surface area contributed by atoms with Crippen molar-refractivity contribution >= 4 is 15.8 Å². The molecule has 0 saturated carbocycles. The van der Waals surface area contributed by atoms with Gasteiger partial charge in [-0.05, 0) is 18.2 Å². The molecule has 1 N–H and O–H groups in total. The average Bonchev–Trinajstić information content (AvgIpc) is 2.45. The molecule has 6 nitrogen and oxygen atoms in total. The van der Waals surface area contributed by atoms with Gasteiger partial charge in [-0.15, -0.1) is 0 Å². The smallest absolute Gasteiger partial charge is 0.211 e. The number of hydrogen-bond acceptors (Lipinski definition) is 5. The van der Waals surface area contributed by atoms with E-state index in [4.69, 9.17) is 0 Å². The van der Waals surface area contributed by atoms with Gasteiger partial charge in [-0.3, -0.25) is 0 Å². The molecule has 0 radical (unpaired) electrons. The van der Waals surface area contributed by atoms with Crippen molar-refractivity contribution in [3.63, 3.8) is 0 Å². The Kier molecular flexibility index (Phi) is 4.95. The summed E-state index contributed by atoms with van der Waals surface area (Å²) in [6.07, 6.45) is 3.14. The number of hydrogen-bond donors (Lipinski definition) is 1. The highest BCUT2D eigenvalue weighted by molar-refractivity contribution is 7.88. The van der Waals surface area contributed by atoms with Crippen molar-refractivity contribution in [3.05, 3.63) is 23.9 Å². The fourth-order valence-electron chi connectivity index (χ4n) is 2.23. The Hall–Kier alpha value is -1.18. The van der Waals surface area contributed by atoms with Gasteiger partial charge in [0.1, 0.15) is 5.82 Å². The van der Waals surface area contributed by atoms with E-state index in [1.54, 1.807) is 0 Å². The summed E-state index contributed by atoms with van der Waals surface area (Å²) in [4.78, 5) is 6.58. The molecule has 2 rings (SSSR count). The van der Waals surface area contributed by atoms with Crippen LogP contribution in [0.15, 0.2) is 18.3 Å². The summed E-state index contributed by atoms with van der Waals surface area (Å²) in [5, 5.41) is 3.26. The fraction of sp³-hybridized carbons (Fsp3) is 0.615. The lowest BCUT2D eigenvalue weighted by Gasteiger charge is -2.34. The SMILES string of the molecule is CCNCc1ccc(N2CCN(S(C)(=O)=O)CC2)nc1. The minimum absolute atomic E-state index is 0.527. The van der Waals surface area contributed by atoms with Crippen LogP contribution in [-0.4, -0.2) is 56.7 Å². The van der Waals surface area contributed by atoms with Crippen LogP contribution in [0.25, 0.3) is 0 Å². The van der Waals surface area contributed by atoms with Gasteiger partial charge in [0.05, 0.1) is 6.26 Å². The molecule has 0 spiro atoms. The number of aromatic nitrogens is 1. The maximum Gasteiger partial charge on any atom is 0.211 e. The number of sulfonamides is 1. The third kappa shape index (κ3) is 3.91. The van der Waals surface area contributed by atoms with Crippen molar-refractivity contribution in [2.45, 2.75) is 13.5 Å². The second-order valence-electron chi connectivity index (χ2n) is 4.95. The van der Waals surface area contributed by atoms with E-state index in [2.05, 4.69) is 28.2 Å². The van der Waals surface area contributed by atoms with Gasteiger partial charge in [-0.25, -0.2) is 13.4 Å². The van der Waals surface area contributed by atoms with Gasteiger partial charge in [-0.1, -0.05) is 13.0 Å². The van der Waals surface area contributed by atoms with Crippen molar-refractivity contribution in [3.8, 4) is 0 Å². The molecule has 1 aromatic heterocycles. The second kappa shape index (κ2) is 6.51. The van der Waals surface area contributed by atoms with Crippen molar-refractivity contribution < 1.29 is 8.42 Å². The van der Waals surface area contributed by atoms with E-state index >= 15 is 0 Å². The Morgan fingerprint density at radius 1 is 1.25 bits per heavy atom. The quantitative estimate of drug-likeness (QED) is 0.845. The number of rotatable bonds is 5. The van der Waals surface area contributed by atoms with Gasteiger partial charge < -0.3 is 10.2 Å². The van der Waals surface area contributed by atoms with E-state index in [-0.39, 0.29) is 0 Å². The van der Waals surface area contributed by atoms with E-state index in [9.17, 15) is 8.42 Å². The Morgan fingerprint density at radius 3 is 2.45 bits per heavy atom. The first-order valence-electron chi connectivity index (χ1n) is 6.86. The molecule has 112 valence electrons. The minimum atomic E-state index is -3.07. The normalized spacial score (nSPS) is 17.4. The predicted octanol–water partition coefficient (Wildman–Crippen LogP) is 0.273. The van der Waals surface area contributed by atoms with Crippen molar-refractivity contribution in [1.29, 1.82) is 0 Å². The molecule has 0 bridgehead atoms. The first-order valence-corrected chi connectivity index (χ1v) is 8.71. The topological polar surface area (TPSA) is 65.5 Å². The van der Waals surface area contributed by atoms with Crippen LogP contribution in [0.3, 0.4) is 0 Å². The van der Waals surface area contributed by atoms with Crippen molar-refractivity contribution in [2.24, 2.45) is 0 Å². The molecule has 0 aliphatic carbocycles. The van der Waals surface area contributed by atoms with E-state index in [1.165, 1.54) is 10.6 Å². The highest BCUT2D eigenvalue weighted by Crippen LogP contribution is 2.15. The van der Waals surface area contributed by atoms with Crippen LogP contribution in [0, 0.1) is 0 Å². The Bertz CT molecular complexity index is 522. The lowest BCUT2D eigenvalue weighted by molar-refractivity contribution is 0.387. The number of anilines is 1. The molecule has 2 heterocycles. The zero-order chi connectivity index (χ0) is 14.6. The van der Waals surface area contributed by atoms with Crippen LogP contribution >= 0.6 is 0 Å². The summed E-state index contributed by atoms with van der Waals surface area (Å²) in [5.74, 6) is 0.915. The predicted molar refractivity (Wildman–Crippen MR) is 80.2 cm³/mol.